The fourth-order valence-electron chi connectivity index (χ4n) is 3.78. The van der Waals surface area contributed by atoms with Crippen molar-refractivity contribution in [2.75, 3.05) is 6.61 Å². The van der Waals surface area contributed by atoms with Crippen molar-refractivity contribution in [3.63, 3.8) is 0 Å². The molecule has 0 spiro atoms. The van der Waals surface area contributed by atoms with Crippen molar-refractivity contribution >= 4 is 33.0 Å². The summed E-state index contributed by atoms with van der Waals surface area (Å²) in [6.07, 6.45) is 3.15. The average Bonchev–Trinajstić information content (AvgIpc) is 2.84. The smallest absolute Gasteiger partial charge is 0.282 e. The van der Waals surface area contributed by atoms with Crippen LogP contribution in [-0.4, -0.2) is 22.5 Å². The number of ether oxygens (including phenoxy) is 2. The zero-order chi connectivity index (χ0) is 24.8. The van der Waals surface area contributed by atoms with E-state index < -0.39 is 0 Å². The summed E-state index contributed by atoms with van der Waals surface area (Å²) < 4.78 is 14.1. The maximum Gasteiger partial charge on any atom is 0.282 e. The Hall–Kier alpha value is -3.45. The SMILES string of the molecule is CCCc1nc2ccc(Br)cc2c(=O)n1N=Cc1ccc(OCc2cccc(C)c2)c(OCC)c1. The van der Waals surface area contributed by atoms with Gasteiger partial charge in [0.15, 0.2) is 11.5 Å². The van der Waals surface area contributed by atoms with Crippen LogP contribution in [-0.2, 0) is 13.0 Å². The Balaban J connectivity index is 1.64. The number of rotatable bonds is 9. The third-order valence-electron chi connectivity index (χ3n) is 5.42. The average molecular weight is 534 g/mol. The van der Waals surface area contributed by atoms with Crippen LogP contribution in [0.2, 0.25) is 0 Å². The van der Waals surface area contributed by atoms with E-state index in [9.17, 15) is 4.79 Å². The summed E-state index contributed by atoms with van der Waals surface area (Å²) in [5.41, 5.74) is 3.55. The zero-order valence-electron chi connectivity index (χ0n) is 20.1. The van der Waals surface area contributed by atoms with E-state index >= 15 is 0 Å². The molecule has 0 unspecified atom stereocenters. The van der Waals surface area contributed by atoms with Gasteiger partial charge < -0.3 is 9.47 Å². The van der Waals surface area contributed by atoms with Gasteiger partial charge >= 0.3 is 0 Å². The van der Waals surface area contributed by atoms with Crippen LogP contribution in [0.5, 0.6) is 11.5 Å². The molecule has 1 heterocycles. The molecule has 0 bridgehead atoms. The maximum atomic E-state index is 13.2. The molecule has 0 saturated heterocycles. The highest BCUT2D eigenvalue weighted by Gasteiger charge is 2.11. The Labute approximate surface area is 213 Å². The minimum absolute atomic E-state index is 0.195. The van der Waals surface area contributed by atoms with Crippen LogP contribution >= 0.6 is 15.9 Å². The van der Waals surface area contributed by atoms with Crippen molar-refractivity contribution in [3.8, 4) is 11.5 Å². The highest BCUT2D eigenvalue weighted by Crippen LogP contribution is 2.29. The quantitative estimate of drug-likeness (QED) is 0.237. The molecule has 0 fully saturated rings. The molecule has 0 aliphatic carbocycles. The second kappa shape index (κ2) is 11.3. The Morgan fingerprint density at radius 1 is 1.03 bits per heavy atom. The second-order valence-corrected chi connectivity index (χ2v) is 9.13. The highest BCUT2D eigenvalue weighted by molar-refractivity contribution is 9.10. The van der Waals surface area contributed by atoms with E-state index in [-0.39, 0.29) is 5.56 Å². The van der Waals surface area contributed by atoms with Crippen molar-refractivity contribution in [3.05, 3.63) is 98.0 Å². The van der Waals surface area contributed by atoms with Gasteiger partial charge in [-0.05, 0) is 67.8 Å². The van der Waals surface area contributed by atoms with Gasteiger partial charge in [-0.1, -0.05) is 52.7 Å². The Kier molecular flexibility index (Phi) is 7.98. The van der Waals surface area contributed by atoms with Crippen LogP contribution in [0.15, 0.2) is 75.0 Å². The molecular weight excluding hydrogens is 506 g/mol. The number of hydrogen-bond acceptors (Lipinski definition) is 5. The lowest BCUT2D eigenvalue weighted by Gasteiger charge is -2.13. The van der Waals surface area contributed by atoms with E-state index in [0.29, 0.717) is 47.9 Å². The number of aromatic nitrogens is 2. The molecule has 35 heavy (non-hydrogen) atoms. The Bertz CT molecular complexity index is 1430. The summed E-state index contributed by atoms with van der Waals surface area (Å²) >= 11 is 3.44. The van der Waals surface area contributed by atoms with E-state index in [1.807, 2.05) is 49.4 Å². The van der Waals surface area contributed by atoms with Crippen LogP contribution in [0.1, 0.15) is 42.8 Å². The molecule has 7 heteroatoms. The lowest BCUT2D eigenvalue weighted by atomic mass is 10.1. The summed E-state index contributed by atoms with van der Waals surface area (Å²) in [6.45, 7) is 7.00. The van der Waals surface area contributed by atoms with Gasteiger partial charge in [0, 0.05) is 10.9 Å². The van der Waals surface area contributed by atoms with E-state index in [1.54, 1.807) is 12.3 Å². The van der Waals surface area contributed by atoms with Crippen molar-refractivity contribution in [2.45, 2.75) is 40.2 Å². The topological polar surface area (TPSA) is 65.7 Å². The van der Waals surface area contributed by atoms with Crippen molar-refractivity contribution in [1.82, 2.24) is 9.66 Å². The van der Waals surface area contributed by atoms with Gasteiger partial charge in [0.05, 0.1) is 23.7 Å². The van der Waals surface area contributed by atoms with Gasteiger partial charge in [-0.15, -0.1) is 0 Å². The van der Waals surface area contributed by atoms with Crippen LogP contribution < -0.4 is 15.0 Å². The standard InChI is InChI=1S/C28H28BrN3O3/c1-4-7-27-31-24-12-11-22(29)16-23(24)28(33)32(27)30-17-20-10-13-25(26(15-20)34-5-2)35-18-21-9-6-8-19(3)14-21/h6,8-17H,4-5,7,18H2,1-3H3. The summed E-state index contributed by atoms with van der Waals surface area (Å²) in [6, 6.07) is 19.4. The monoisotopic (exact) mass is 533 g/mol. The lowest BCUT2D eigenvalue weighted by molar-refractivity contribution is 0.269. The first-order chi connectivity index (χ1) is 17.0. The Morgan fingerprint density at radius 2 is 1.89 bits per heavy atom. The maximum absolute atomic E-state index is 13.2. The molecule has 0 atom stereocenters. The number of nitrogens with zero attached hydrogens (tertiary/aromatic N) is 3. The molecular formula is C28H28BrN3O3. The molecule has 180 valence electrons. The first-order valence-electron chi connectivity index (χ1n) is 11.7. The molecule has 4 aromatic rings. The molecule has 0 saturated carbocycles. The third-order valence-corrected chi connectivity index (χ3v) is 5.91. The van der Waals surface area contributed by atoms with Crippen LogP contribution in [0, 0.1) is 6.92 Å². The normalized spacial score (nSPS) is 11.3. The minimum Gasteiger partial charge on any atom is -0.490 e. The summed E-state index contributed by atoms with van der Waals surface area (Å²) in [5.74, 6) is 1.92. The first kappa shape index (κ1) is 24.7. The van der Waals surface area contributed by atoms with Crippen LogP contribution in [0.3, 0.4) is 0 Å². The third kappa shape index (κ3) is 5.98. The summed E-state index contributed by atoms with van der Waals surface area (Å²) in [4.78, 5) is 17.9. The molecule has 0 aliphatic rings. The predicted octanol–water partition coefficient (Wildman–Crippen LogP) is 6.28. The number of halogens is 1. The van der Waals surface area contributed by atoms with Crippen molar-refractivity contribution in [2.24, 2.45) is 5.10 Å². The fraction of sp³-hybridized carbons (Fsp3) is 0.250. The van der Waals surface area contributed by atoms with Gasteiger partial charge in [0.25, 0.3) is 5.56 Å². The van der Waals surface area contributed by atoms with E-state index in [2.05, 4.69) is 52.0 Å². The van der Waals surface area contributed by atoms with E-state index in [0.717, 1.165) is 22.0 Å². The van der Waals surface area contributed by atoms with E-state index in [1.165, 1.54) is 10.2 Å². The zero-order valence-corrected chi connectivity index (χ0v) is 21.7. The fourth-order valence-corrected chi connectivity index (χ4v) is 4.14. The first-order valence-corrected chi connectivity index (χ1v) is 12.5. The summed E-state index contributed by atoms with van der Waals surface area (Å²) in [5, 5.41) is 5.03. The molecule has 4 rings (SSSR count). The second-order valence-electron chi connectivity index (χ2n) is 8.22. The number of fused-ring (bicyclic) bond motifs is 1. The molecule has 6 nitrogen and oxygen atoms in total. The largest absolute Gasteiger partial charge is 0.490 e. The molecule has 0 amide bonds. The van der Waals surface area contributed by atoms with Gasteiger partial charge in [0.1, 0.15) is 12.4 Å². The minimum atomic E-state index is -0.195. The molecule has 0 aliphatic heterocycles. The van der Waals surface area contributed by atoms with Gasteiger partial charge in [-0.25, -0.2) is 4.98 Å². The Morgan fingerprint density at radius 3 is 2.66 bits per heavy atom. The van der Waals surface area contributed by atoms with E-state index in [4.69, 9.17) is 9.47 Å². The predicted molar refractivity (Wildman–Crippen MR) is 144 cm³/mol. The van der Waals surface area contributed by atoms with Gasteiger partial charge in [-0.2, -0.15) is 9.78 Å². The lowest BCUT2D eigenvalue weighted by Crippen LogP contribution is -2.22. The van der Waals surface area contributed by atoms with Gasteiger partial charge in [0.2, 0.25) is 0 Å². The molecule has 1 aromatic heterocycles. The summed E-state index contributed by atoms with van der Waals surface area (Å²) in [7, 11) is 0. The number of aryl methyl sites for hydroxylation is 2. The van der Waals surface area contributed by atoms with Crippen LogP contribution in [0.4, 0.5) is 0 Å². The van der Waals surface area contributed by atoms with Crippen molar-refractivity contribution < 1.29 is 9.47 Å². The van der Waals surface area contributed by atoms with Gasteiger partial charge in [-0.3, -0.25) is 4.79 Å². The molecule has 0 radical (unpaired) electrons. The highest BCUT2D eigenvalue weighted by atomic mass is 79.9. The number of hydrogen-bond donors (Lipinski definition) is 0. The number of benzene rings is 3. The van der Waals surface area contributed by atoms with Crippen LogP contribution in [0.25, 0.3) is 10.9 Å². The molecule has 0 N–H and O–H groups in total. The van der Waals surface area contributed by atoms with Crippen molar-refractivity contribution in [1.29, 1.82) is 0 Å². The molecule has 3 aromatic carbocycles.